The molecule has 0 saturated heterocycles. The van der Waals surface area contributed by atoms with E-state index in [1.165, 1.54) is 12.1 Å². The Hall–Kier alpha value is -1.62. The van der Waals surface area contributed by atoms with Crippen LogP contribution in [0.3, 0.4) is 0 Å². The first-order chi connectivity index (χ1) is 11.8. The van der Waals surface area contributed by atoms with E-state index in [4.69, 9.17) is 21.1 Å². The Labute approximate surface area is 152 Å². The summed E-state index contributed by atoms with van der Waals surface area (Å²) < 4.78 is 24.1. The first kappa shape index (κ1) is 19.7. The van der Waals surface area contributed by atoms with Gasteiger partial charge in [0.2, 0.25) is 0 Å². The molecule has 0 spiro atoms. The van der Waals surface area contributed by atoms with E-state index in [-0.39, 0.29) is 16.7 Å². The van der Waals surface area contributed by atoms with Crippen LogP contribution in [0.25, 0.3) is 0 Å². The molecule has 0 N–H and O–H groups in total. The number of halogens is 2. The fourth-order valence-electron chi connectivity index (χ4n) is 3.34. The van der Waals surface area contributed by atoms with E-state index >= 15 is 0 Å². The quantitative estimate of drug-likeness (QED) is 0.708. The minimum absolute atomic E-state index is 0.0562. The number of hydrogen-bond acceptors (Lipinski definition) is 4. The zero-order valence-electron chi connectivity index (χ0n) is 14.8. The van der Waals surface area contributed by atoms with Gasteiger partial charge in [0.25, 0.3) is 0 Å². The molecule has 25 heavy (non-hydrogen) atoms. The van der Waals surface area contributed by atoms with Crippen LogP contribution < -0.4 is 0 Å². The number of carbonyl (C=O) groups is 2. The standard InChI is InChI=1S/C19H24ClFO4/c1-11(2)13-8-7-12(3)9-16(13)25-17(22)10-24-19(23)18-14(20)5-4-6-15(18)21/h4-6,11-13,16H,7-10H2,1-3H3/t12-,13+,16+/m0/s1. The molecule has 0 aromatic heterocycles. The first-order valence-corrected chi connectivity index (χ1v) is 8.98. The lowest BCUT2D eigenvalue weighted by Gasteiger charge is -2.36. The molecule has 1 saturated carbocycles. The van der Waals surface area contributed by atoms with Crippen molar-refractivity contribution >= 4 is 23.5 Å². The van der Waals surface area contributed by atoms with Crippen molar-refractivity contribution in [1.29, 1.82) is 0 Å². The molecule has 0 amide bonds. The summed E-state index contributed by atoms with van der Waals surface area (Å²) in [7, 11) is 0. The molecule has 0 unspecified atom stereocenters. The fraction of sp³-hybridized carbons (Fsp3) is 0.579. The maximum Gasteiger partial charge on any atom is 0.344 e. The monoisotopic (exact) mass is 370 g/mol. The Morgan fingerprint density at radius 2 is 2.04 bits per heavy atom. The van der Waals surface area contributed by atoms with Crippen molar-refractivity contribution in [2.24, 2.45) is 17.8 Å². The predicted molar refractivity (Wildman–Crippen MR) is 92.9 cm³/mol. The summed E-state index contributed by atoms with van der Waals surface area (Å²) in [6.45, 7) is 5.81. The van der Waals surface area contributed by atoms with Crippen molar-refractivity contribution in [2.75, 3.05) is 6.61 Å². The van der Waals surface area contributed by atoms with Gasteiger partial charge in [-0.15, -0.1) is 0 Å². The summed E-state index contributed by atoms with van der Waals surface area (Å²) in [5, 5.41) is -0.0562. The van der Waals surface area contributed by atoms with Gasteiger partial charge in [0.1, 0.15) is 17.5 Å². The van der Waals surface area contributed by atoms with Crippen LogP contribution in [0.2, 0.25) is 5.02 Å². The van der Waals surface area contributed by atoms with Gasteiger partial charge in [-0.3, -0.25) is 0 Å². The van der Waals surface area contributed by atoms with E-state index in [0.717, 1.165) is 25.3 Å². The lowest BCUT2D eigenvalue weighted by molar-refractivity contribution is -0.159. The smallest absolute Gasteiger partial charge is 0.344 e. The molecule has 2 rings (SSSR count). The van der Waals surface area contributed by atoms with Crippen LogP contribution in [0.5, 0.6) is 0 Å². The summed E-state index contributed by atoms with van der Waals surface area (Å²) in [6, 6.07) is 3.88. The van der Waals surface area contributed by atoms with Crippen molar-refractivity contribution in [3.63, 3.8) is 0 Å². The van der Waals surface area contributed by atoms with Crippen molar-refractivity contribution in [3.8, 4) is 0 Å². The van der Waals surface area contributed by atoms with Crippen LogP contribution in [-0.2, 0) is 14.3 Å². The Bertz CT molecular complexity index is 612. The molecule has 4 nitrogen and oxygen atoms in total. The van der Waals surface area contributed by atoms with Gasteiger partial charge in [-0.25, -0.2) is 14.0 Å². The van der Waals surface area contributed by atoms with Gasteiger partial charge in [-0.1, -0.05) is 44.9 Å². The molecule has 1 aliphatic rings. The van der Waals surface area contributed by atoms with Crippen LogP contribution in [0, 0.1) is 23.6 Å². The Morgan fingerprint density at radius 3 is 2.68 bits per heavy atom. The third-order valence-corrected chi connectivity index (χ3v) is 5.05. The van der Waals surface area contributed by atoms with Gasteiger partial charge in [-0.05, 0) is 42.7 Å². The number of esters is 2. The molecular formula is C19H24ClFO4. The van der Waals surface area contributed by atoms with Gasteiger partial charge in [0.15, 0.2) is 6.61 Å². The Kier molecular flexibility index (Phi) is 6.82. The fourth-order valence-corrected chi connectivity index (χ4v) is 3.58. The summed E-state index contributed by atoms with van der Waals surface area (Å²) in [5.74, 6) is -1.18. The molecule has 3 atom stereocenters. The Morgan fingerprint density at radius 1 is 1.32 bits per heavy atom. The van der Waals surface area contributed by atoms with Crippen LogP contribution in [0.1, 0.15) is 50.4 Å². The SMILES string of the molecule is CC(C)[C@H]1CC[C@H](C)C[C@H]1OC(=O)COC(=O)c1c(F)cccc1Cl. The minimum atomic E-state index is -0.975. The lowest BCUT2D eigenvalue weighted by Crippen LogP contribution is -2.36. The Balaban J connectivity index is 1.92. The summed E-state index contributed by atoms with van der Waals surface area (Å²) in [4.78, 5) is 24.0. The van der Waals surface area contributed by atoms with E-state index in [2.05, 4.69) is 20.8 Å². The highest BCUT2D eigenvalue weighted by Crippen LogP contribution is 2.35. The topological polar surface area (TPSA) is 52.6 Å². The molecule has 1 aliphatic carbocycles. The third-order valence-electron chi connectivity index (χ3n) is 4.73. The minimum Gasteiger partial charge on any atom is -0.460 e. The summed E-state index contributed by atoms with van der Waals surface area (Å²) >= 11 is 5.81. The normalized spacial score (nSPS) is 23.4. The first-order valence-electron chi connectivity index (χ1n) is 8.60. The third kappa shape index (κ3) is 5.18. The van der Waals surface area contributed by atoms with Crippen LogP contribution in [0.15, 0.2) is 18.2 Å². The van der Waals surface area contributed by atoms with Gasteiger partial charge in [0, 0.05) is 0 Å². The van der Waals surface area contributed by atoms with Crippen molar-refractivity contribution in [2.45, 2.75) is 46.1 Å². The maximum absolute atomic E-state index is 13.7. The number of carbonyl (C=O) groups excluding carboxylic acids is 2. The van der Waals surface area contributed by atoms with E-state index in [0.29, 0.717) is 17.8 Å². The number of rotatable bonds is 5. The van der Waals surface area contributed by atoms with E-state index in [9.17, 15) is 14.0 Å². The molecule has 0 aliphatic heterocycles. The van der Waals surface area contributed by atoms with Crippen molar-refractivity contribution < 1.29 is 23.5 Å². The molecule has 0 radical (unpaired) electrons. The zero-order valence-corrected chi connectivity index (χ0v) is 15.5. The molecule has 0 bridgehead atoms. The summed E-state index contributed by atoms with van der Waals surface area (Å²) in [6.07, 6.45) is 2.77. The average Bonchev–Trinajstić information content (AvgIpc) is 2.52. The van der Waals surface area contributed by atoms with Crippen LogP contribution in [-0.4, -0.2) is 24.6 Å². The van der Waals surface area contributed by atoms with Gasteiger partial charge < -0.3 is 9.47 Å². The molecular weight excluding hydrogens is 347 g/mol. The number of hydrogen-bond donors (Lipinski definition) is 0. The van der Waals surface area contributed by atoms with Crippen LogP contribution >= 0.6 is 11.6 Å². The maximum atomic E-state index is 13.7. The molecule has 6 heteroatoms. The largest absolute Gasteiger partial charge is 0.460 e. The average molecular weight is 371 g/mol. The molecule has 0 heterocycles. The lowest BCUT2D eigenvalue weighted by atomic mass is 9.75. The molecule has 1 aromatic carbocycles. The van der Waals surface area contributed by atoms with Crippen molar-refractivity contribution in [1.82, 2.24) is 0 Å². The second-order valence-corrected chi connectivity index (χ2v) is 7.43. The highest BCUT2D eigenvalue weighted by atomic mass is 35.5. The number of ether oxygens (including phenoxy) is 2. The highest BCUT2D eigenvalue weighted by molar-refractivity contribution is 6.33. The molecule has 1 aromatic rings. The molecule has 138 valence electrons. The van der Waals surface area contributed by atoms with Crippen molar-refractivity contribution in [3.05, 3.63) is 34.6 Å². The summed E-state index contributed by atoms with van der Waals surface area (Å²) in [5.41, 5.74) is -0.372. The number of benzene rings is 1. The van der Waals surface area contributed by atoms with E-state index in [1.807, 2.05) is 0 Å². The predicted octanol–water partition coefficient (Wildman–Crippen LogP) is 4.64. The highest BCUT2D eigenvalue weighted by Gasteiger charge is 2.33. The zero-order chi connectivity index (χ0) is 18.6. The second kappa shape index (κ2) is 8.65. The van der Waals surface area contributed by atoms with Crippen LogP contribution in [0.4, 0.5) is 4.39 Å². The van der Waals surface area contributed by atoms with E-state index in [1.54, 1.807) is 0 Å². The van der Waals surface area contributed by atoms with Gasteiger partial charge in [-0.2, -0.15) is 0 Å². The second-order valence-electron chi connectivity index (χ2n) is 7.03. The van der Waals surface area contributed by atoms with Gasteiger partial charge >= 0.3 is 11.9 Å². The van der Waals surface area contributed by atoms with Gasteiger partial charge in [0.05, 0.1) is 5.02 Å². The van der Waals surface area contributed by atoms with E-state index < -0.39 is 24.4 Å². The molecule has 1 fully saturated rings.